The second kappa shape index (κ2) is 5.59. The molecule has 1 aliphatic heterocycles. The SMILES string of the molecule is CC1(C)OB(C(CC(=O)O)c2cc(Cl)ccn2)OC1(C)C. The van der Waals surface area contributed by atoms with Crippen molar-refractivity contribution in [1.29, 1.82) is 0 Å². The predicted molar refractivity (Wildman–Crippen MR) is 80.3 cm³/mol. The number of aliphatic carboxylic acids is 1. The van der Waals surface area contributed by atoms with Crippen molar-refractivity contribution < 1.29 is 19.2 Å². The molecule has 0 amide bonds. The Hall–Kier alpha value is -1.11. The lowest BCUT2D eigenvalue weighted by Crippen LogP contribution is -2.41. The molecule has 1 saturated heterocycles. The summed E-state index contributed by atoms with van der Waals surface area (Å²) in [6, 6.07) is 3.30. The Labute approximate surface area is 129 Å². The standard InChI is InChI=1S/C14H19BClNO4/c1-13(2)14(3,4)21-15(20-13)10(8-12(18)19)11-7-9(16)5-6-17-11/h5-7,10H,8H2,1-4H3,(H,18,19). The van der Waals surface area contributed by atoms with E-state index in [-0.39, 0.29) is 6.42 Å². The zero-order valence-corrected chi connectivity index (χ0v) is 13.3. The zero-order chi connectivity index (χ0) is 15.8. The van der Waals surface area contributed by atoms with E-state index < -0.39 is 30.1 Å². The van der Waals surface area contributed by atoms with Crippen LogP contribution in [0.2, 0.25) is 5.02 Å². The molecule has 1 atom stereocenters. The van der Waals surface area contributed by atoms with Gasteiger partial charge in [-0.05, 0) is 39.8 Å². The van der Waals surface area contributed by atoms with Crippen molar-refractivity contribution in [2.24, 2.45) is 0 Å². The van der Waals surface area contributed by atoms with Gasteiger partial charge in [-0.3, -0.25) is 9.78 Å². The average Bonchev–Trinajstić information content (AvgIpc) is 2.55. The van der Waals surface area contributed by atoms with Crippen LogP contribution in [0.1, 0.15) is 45.6 Å². The summed E-state index contributed by atoms with van der Waals surface area (Å²) in [5.41, 5.74) is -0.483. The quantitative estimate of drug-likeness (QED) is 0.866. The zero-order valence-electron chi connectivity index (χ0n) is 12.6. The van der Waals surface area contributed by atoms with Gasteiger partial charge in [-0.15, -0.1) is 0 Å². The lowest BCUT2D eigenvalue weighted by atomic mass is 9.68. The summed E-state index contributed by atoms with van der Waals surface area (Å²) in [7, 11) is -0.669. The van der Waals surface area contributed by atoms with Gasteiger partial charge in [-0.25, -0.2) is 0 Å². The van der Waals surface area contributed by atoms with Gasteiger partial charge in [0.1, 0.15) is 0 Å². The number of pyridine rings is 1. The molecule has 0 saturated carbocycles. The van der Waals surface area contributed by atoms with E-state index in [9.17, 15) is 4.79 Å². The van der Waals surface area contributed by atoms with E-state index in [2.05, 4.69) is 4.98 Å². The minimum Gasteiger partial charge on any atom is -0.481 e. The van der Waals surface area contributed by atoms with Crippen LogP contribution < -0.4 is 0 Å². The van der Waals surface area contributed by atoms with E-state index in [1.165, 1.54) is 0 Å². The summed E-state index contributed by atoms with van der Waals surface area (Å²) in [5, 5.41) is 9.67. The van der Waals surface area contributed by atoms with Crippen LogP contribution in [-0.4, -0.2) is 34.4 Å². The Morgan fingerprint density at radius 1 is 1.38 bits per heavy atom. The summed E-state index contributed by atoms with van der Waals surface area (Å²) in [6.45, 7) is 7.71. The molecule has 7 heteroatoms. The maximum atomic E-state index is 11.2. The Balaban J connectivity index is 2.32. The summed E-state index contributed by atoms with van der Waals surface area (Å²) in [5.74, 6) is -1.45. The second-order valence-corrected chi connectivity index (χ2v) is 6.66. The molecule has 1 aliphatic rings. The number of halogens is 1. The molecule has 114 valence electrons. The van der Waals surface area contributed by atoms with Crippen LogP contribution in [0, 0.1) is 0 Å². The number of carbonyl (C=O) groups is 1. The molecule has 2 rings (SSSR count). The van der Waals surface area contributed by atoms with E-state index in [0.717, 1.165) is 0 Å². The number of hydrogen-bond donors (Lipinski definition) is 1. The van der Waals surface area contributed by atoms with Crippen LogP contribution in [0.3, 0.4) is 0 Å². The molecule has 1 unspecified atom stereocenters. The number of rotatable bonds is 4. The molecule has 21 heavy (non-hydrogen) atoms. The lowest BCUT2D eigenvalue weighted by Gasteiger charge is -2.32. The normalized spacial score (nSPS) is 21.3. The molecule has 0 aliphatic carbocycles. The molecule has 1 aromatic heterocycles. The van der Waals surface area contributed by atoms with Gasteiger partial charge in [-0.1, -0.05) is 11.6 Å². The van der Waals surface area contributed by atoms with Crippen molar-refractivity contribution in [3.63, 3.8) is 0 Å². The van der Waals surface area contributed by atoms with Crippen molar-refractivity contribution in [2.45, 2.75) is 51.1 Å². The first-order valence-electron chi connectivity index (χ1n) is 6.81. The third-order valence-corrected chi connectivity index (χ3v) is 4.35. The highest BCUT2D eigenvalue weighted by Gasteiger charge is 2.54. The maximum Gasteiger partial charge on any atom is 0.468 e. The fourth-order valence-corrected chi connectivity index (χ4v) is 2.37. The van der Waals surface area contributed by atoms with Gasteiger partial charge in [0, 0.05) is 22.7 Å². The van der Waals surface area contributed by atoms with Gasteiger partial charge < -0.3 is 14.4 Å². The minimum absolute atomic E-state index is 0.135. The topological polar surface area (TPSA) is 68.7 Å². The van der Waals surface area contributed by atoms with Gasteiger partial charge in [0.15, 0.2) is 0 Å². The number of nitrogens with zero attached hydrogens (tertiary/aromatic N) is 1. The number of aromatic nitrogens is 1. The van der Waals surface area contributed by atoms with Crippen molar-refractivity contribution in [3.05, 3.63) is 29.0 Å². The van der Waals surface area contributed by atoms with Crippen molar-refractivity contribution in [3.8, 4) is 0 Å². The van der Waals surface area contributed by atoms with Crippen LogP contribution in [0.4, 0.5) is 0 Å². The number of hydrogen-bond acceptors (Lipinski definition) is 4. The van der Waals surface area contributed by atoms with Crippen LogP contribution in [-0.2, 0) is 14.1 Å². The number of carboxylic acids is 1. The molecular formula is C14H19BClNO4. The molecule has 1 N–H and O–H groups in total. The third kappa shape index (κ3) is 3.39. The molecule has 0 spiro atoms. The van der Waals surface area contributed by atoms with Gasteiger partial charge in [0.25, 0.3) is 0 Å². The average molecular weight is 312 g/mol. The van der Waals surface area contributed by atoms with Crippen LogP contribution in [0.25, 0.3) is 0 Å². The van der Waals surface area contributed by atoms with Gasteiger partial charge in [0.05, 0.1) is 17.6 Å². The number of carboxylic acid groups (broad SMARTS) is 1. The highest BCUT2D eigenvalue weighted by atomic mass is 35.5. The van der Waals surface area contributed by atoms with Crippen LogP contribution in [0.15, 0.2) is 18.3 Å². The molecule has 2 heterocycles. The van der Waals surface area contributed by atoms with Crippen LogP contribution >= 0.6 is 11.6 Å². The van der Waals surface area contributed by atoms with E-state index in [0.29, 0.717) is 10.7 Å². The van der Waals surface area contributed by atoms with Crippen molar-refractivity contribution in [2.75, 3.05) is 0 Å². The first-order valence-corrected chi connectivity index (χ1v) is 7.19. The fraction of sp³-hybridized carbons (Fsp3) is 0.571. The van der Waals surface area contributed by atoms with E-state index >= 15 is 0 Å². The van der Waals surface area contributed by atoms with E-state index in [4.69, 9.17) is 26.0 Å². The second-order valence-electron chi connectivity index (χ2n) is 6.23. The Morgan fingerprint density at radius 3 is 2.43 bits per heavy atom. The largest absolute Gasteiger partial charge is 0.481 e. The molecular weight excluding hydrogens is 292 g/mol. The van der Waals surface area contributed by atoms with Gasteiger partial charge >= 0.3 is 13.1 Å². The Kier molecular flexibility index (Phi) is 4.33. The summed E-state index contributed by atoms with van der Waals surface area (Å²) in [6.07, 6.45) is 1.42. The first kappa shape index (κ1) is 16.3. The monoisotopic (exact) mass is 311 g/mol. The smallest absolute Gasteiger partial charge is 0.468 e. The molecule has 5 nitrogen and oxygen atoms in total. The summed E-state index contributed by atoms with van der Waals surface area (Å²) < 4.78 is 11.9. The van der Waals surface area contributed by atoms with Gasteiger partial charge in [0.2, 0.25) is 0 Å². The highest BCUT2D eigenvalue weighted by Crippen LogP contribution is 2.41. The van der Waals surface area contributed by atoms with E-state index in [1.54, 1.807) is 18.3 Å². The van der Waals surface area contributed by atoms with Crippen molar-refractivity contribution >= 4 is 24.7 Å². The molecule has 1 fully saturated rings. The lowest BCUT2D eigenvalue weighted by molar-refractivity contribution is -0.137. The molecule has 0 radical (unpaired) electrons. The fourth-order valence-electron chi connectivity index (χ4n) is 2.21. The Bertz CT molecular complexity index is 534. The molecule has 0 aromatic carbocycles. The van der Waals surface area contributed by atoms with Crippen LogP contribution in [0.5, 0.6) is 0 Å². The third-order valence-electron chi connectivity index (χ3n) is 4.12. The Morgan fingerprint density at radius 2 is 1.95 bits per heavy atom. The summed E-state index contributed by atoms with van der Waals surface area (Å²) >= 11 is 5.98. The van der Waals surface area contributed by atoms with E-state index in [1.807, 2.05) is 27.7 Å². The first-order chi connectivity index (χ1) is 9.62. The van der Waals surface area contributed by atoms with Crippen molar-refractivity contribution in [1.82, 2.24) is 4.98 Å². The summed E-state index contributed by atoms with van der Waals surface area (Å²) in [4.78, 5) is 15.4. The highest BCUT2D eigenvalue weighted by molar-refractivity contribution is 6.48. The maximum absolute atomic E-state index is 11.2. The van der Waals surface area contributed by atoms with Gasteiger partial charge in [-0.2, -0.15) is 0 Å². The minimum atomic E-state index is -0.934. The molecule has 0 bridgehead atoms. The molecule has 1 aromatic rings. The predicted octanol–water partition coefficient (Wildman–Crippen LogP) is 2.92.